The second-order valence-corrected chi connectivity index (χ2v) is 5.53. The summed E-state index contributed by atoms with van der Waals surface area (Å²) >= 11 is 4.78. The number of ether oxygens (including phenoxy) is 1. The van der Waals surface area contributed by atoms with Crippen molar-refractivity contribution in [2.75, 3.05) is 13.7 Å². The van der Waals surface area contributed by atoms with Gasteiger partial charge in [-0.25, -0.2) is 0 Å². The summed E-state index contributed by atoms with van der Waals surface area (Å²) in [7, 11) is 1.56. The smallest absolute Gasteiger partial charge is 0.262 e. The molecule has 0 spiro atoms. The van der Waals surface area contributed by atoms with Crippen molar-refractivity contribution in [2.24, 2.45) is 0 Å². The van der Waals surface area contributed by atoms with E-state index < -0.39 is 0 Å². The Morgan fingerprint density at radius 3 is 3.00 bits per heavy atom. The monoisotopic (exact) mass is 328 g/mol. The number of hydrogen-bond donors (Lipinski definition) is 1. The molecule has 0 aliphatic heterocycles. The number of halogens is 1. The van der Waals surface area contributed by atoms with Crippen LogP contribution < -0.4 is 5.32 Å². The fraction of sp³-hybridized carbons (Fsp3) is 0.333. The molecule has 1 rings (SSSR count). The molecular formula is C12H13BrN2O2S. The predicted molar refractivity (Wildman–Crippen MR) is 75.1 cm³/mol. The van der Waals surface area contributed by atoms with Gasteiger partial charge in [0, 0.05) is 27.9 Å². The molecular weight excluding hydrogens is 316 g/mol. The van der Waals surface area contributed by atoms with E-state index in [9.17, 15) is 4.79 Å². The van der Waals surface area contributed by atoms with Gasteiger partial charge in [0.1, 0.15) is 11.6 Å². The normalized spacial score (nSPS) is 12.9. The van der Waals surface area contributed by atoms with Crippen molar-refractivity contribution in [3.63, 3.8) is 0 Å². The Morgan fingerprint density at radius 2 is 2.50 bits per heavy atom. The highest BCUT2D eigenvalue weighted by Gasteiger charge is 2.12. The van der Waals surface area contributed by atoms with E-state index in [1.54, 1.807) is 13.2 Å². The Balaban J connectivity index is 2.75. The van der Waals surface area contributed by atoms with Crippen molar-refractivity contribution in [1.29, 1.82) is 5.26 Å². The van der Waals surface area contributed by atoms with Crippen LogP contribution in [-0.2, 0) is 9.53 Å². The summed E-state index contributed by atoms with van der Waals surface area (Å²) in [6.45, 7) is 2.23. The highest BCUT2D eigenvalue weighted by Crippen LogP contribution is 2.22. The molecule has 1 heterocycles. The minimum atomic E-state index is -0.383. The summed E-state index contributed by atoms with van der Waals surface area (Å²) in [5.41, 5.74) is 0.0901. The number of rotatable bonds is 5. The molecule has 1 aromatic heterocycles. The van der Waals surface area contributed by atoms with Crippen LogP contribution >= 0.6 is 27.3 Å². The Bertz CT molecular complexity index is 491. The molecule has 1 aromatic rings. The first kappa shape index (κ1) is 14.9. The van der Waals surface area contributed by atoms with Crippen LogP contribution in [0.2, 0.25) is 0 Å². The highest BCUT2D eigenvalue weighted by molar-refractivity contribution is 9.10. The van der Waals surface area contributed by atoms with Gasteiger partial charge in [0.25, 0.3) is 5.91 Å². The van der Waals surface area contributed by atoms with Gasteiger partial charge in [0.2, 0.25) is 0 Å². The quantitative estimate of drug-likeness (QED) is 0.667. The van der Waals surface area contributed by atoms with E-state index in [4.69, 9.17) is 10.00 Å². The molecule has 96 valence electrons. The Morgan fingerprint density at radius 1 is 1.78 bits per heavy atom. The topological polar surface area (TPSA) is 62.1 Å². The zero-order chi connectivity index (χ0) is 13.5. The second kappa shape index (κ2) is 7.31. The molecule has 0 fully saturated rings. The minimum Gasteiger partial charge on any atom is -0.383 e. The number of hydrogen-bond acceptors (Lipinski definition) is 4. The maximum absolute atomic E-state index is 11.8. The van der Waals surface area contributed by atoms with Gasteiger partial charge >= 0.3 is 0 Å². The number of nitriles is 1. The maximum Gasteiger partial charge on any atom is 0.262 e. The van der Waals surface area contributed by atoms with Crippen LogP contribution in [0.3, 0.4) is 0 Å². The maximum atomic E-state index is 11.8. The fourth-order valence-electron chi connectivity index (χ4n) is 1.29. The molecule has 0 aliphatic carbocycles. The van der Waals surface area contributed by atoms with E-state index >= 15 is 0 Å². The third-order valence-electron chi connectivity index (χ3n) is 2.03. The van der Waals surface area contributed by atoms with Crippen LogP contribution in [0.1, 0.15) is 11.8 Å². The summed E-state index contributed by atoms with van der Waals surface area (Å²) in [6, 6.07) is 3.63. The van der Waals surface area contributed by atoms with Crippen LogP contribution in [0.5, 0.6) is 0 Å². The van der Waals surface area contributed by atoms with E-state index in [2.05, 4.69) is 21.2 Å². The number of amides is 1. The molecule has 0 radical (unpaired) electrons. The van der Waals surface area contributed by atoms with Gasteiger partial charge in [-0.2, -0.15) is 5.26 Å². The van der Waals surface area contributed by atoms with Crippen molar-refractivity contribution in [3.8, 4) is 6.07 Å². The van der Waals surface area contributed by atoms with Crippen molar-refractivity contribution in [3.05, 3.63) is 26.4 Å². The average molecular weight is 329 g/mol. The molecule has 18 heavy (non-hydrogen) atoms. The van der Waals surface area contributed by atoms with Crippen molar-refractivity contribution >= 4 is 39.2 Å². The van der Waals surface area contributed by atoms with E-state index in [0.29, 0.717) is 6.61 Å². The Hall–Kier alpha value is -1.16. The lowest BCUT2D eigenvalue weighted by Gasteiger charge is -2.11. The molecule has 0 aliphatic rings. The van der Waals surface area contributed by atoms with E-state index in [1.807, 2.05) is 24.4 Å². The Labute approximate surface area is 118 Å². The average Bonchev–Trinajstić information content (AvgIpc) is 2.71. The number of carbonyl (C=O) groups excluding carboxylic acids is 1. The van der Waals surface area contributed by atoms with Gasteiger partial charge in [-0.3, -0.25) is 4.79 Å². The highest BCUT2D eigenvalue weighted by atomic mass is 79.9. The fourth-order valence-corrected chi connectivity index (χ4v) is 2.66. The summed E-state index contributed by atoms with van der Waals surface area (Å²) in [5, 5.41) is 13.6. The van der Waals surface area contributed by atoms with Crippen molar-refractivity contribution in [1.82, 2.24) is 5.32 Å². The predicted octanol–water partition coefficient (Wildman–Crippen LogP) is 2.57. The lowest BCUT2D eigenvalue weighted by molar-refractivity contribution is -0.117. The SMILES string of the molecule is COC[C@@H](C)NC(=O)/C(C#N)=C\c1cc(Br)cs1. The van der Waals surface area contributed by atoms with Gasteiger partial charge < -0.3 is 10.1 Å². The molecule has 6 heteroatoms. The molecule has 0 saturated carbocycles. The first-order chi connectivity index (χ1) is 8.56. The standard InChI is InChI=1S/C12H13BrN2O2S/c1-8(6-17-2)15-12(16)9(5-14)3-11-4-10(13)7-18-11/h3-4,7-8H,6H2,1-2H3,(H,15,16)/b9-3-/t8-/m1/s1. The summed E-state index contributed by atoms with van der Waals surface area (Å²) in [4.78, 5) is 12.7. The number of carbonyl (C=O) groups is 1. The molecule has 1 N–H and O–H groups in total. The number of methoxy groups -OCH3 is 1. The van der Waals surface area contributed by atoms with E-state index in [-0.39, 0.29) is 17.5 Å². The molecule has 0 aromatic carbocycles. The molecule has 0 bridgehead atoms. The Kier molecular flexibility index (Phi) is 6.05. The van der Waals surface area contributed by atoms with Crippen LogP contribution in [0.15, 0.2) is 21.5 Å². The molecule has 0 unspecified atom stereocenters. The molecule has 1 amide bonds. The van der Waals surface area contributed by atoms with E-state index in [0.717, 1.165) is 9.35 Å². The summed E-state index contributed by atoms with van der Waals surface area (Å²) in [5.74, 6) is -0.383. The largest absolute Gasteiger partial charge is 0.383 e. The molecule has 0 saturated heterocycles. The van der Waals surface area contributed by atoms with Gasteiger partial charge in [0.15, 0.2) is 0 Å². The first-order valence-electron chi connectivity index (χ1n) is 5.22. The zero-order valence-corrected chi connectivity index (χ0v) is 12.5. The number of nitrogens with zero attached hydrogens (tertiary/aromatic N) is 1. The number of nitrogens with one attached hydrogen (secondary N) is 1. The summed E-state index contributed by atoms with van der Waals surface area (Å²) < 4.78 is 5.85. The lowest BCUT2D eigenvalue weighted by atomic mass is 10.2. The van der Waals surface area contributed by atoms with Crippen molar-refractivity contribution < 1.29 is 9.53 Å². The van der Waals surface area contributed by atoms with Crippen LogP contribution in [0.25, 0.3) is 6.08 Å². The van der Waals surface area contributed by atoms with Gasteiger partial charge in [-0.05, 0) is 35.0 Å². The van der Waals surface area contributed by atoms with E-state index in [1.165, 1.54) is 11.3 Å². The van der Waals surface area contributed by atoms with Crippen LogP contribution in [-0.4, -0.2) is 25.7 Å². The zero-order valence-electron chi connectivity index (χ0n) is 10.1. The van der Waals surface area contributed by atoms with Crippen molar-refractivity contribution in [2.45, 2.75) is 13.0 Å². The third-order valence-corrected chi connectivity index (χ3v) is 3.67. The van der Waals surface area contributed by atoms with Crippen LogP contribution in [0, 0.1) is 11.3 Å². The summed E-state index contributed by atoms with van der Waals surface area (Å²) in [6.07, 6.45) is 1.57. The van der Waals surface area contributed by atoms with Gasteiger partial charge in [-0.1, -0.05) is 0 Å². The second-order valence-electron chi connectivity index (χ2n) is 3.67. The molecule has 4 nitrogen and oxygen atoms in total. The number of thiophene rings is 1. The third kappa shape index (κ3) is 4.61. The van der Waals surface area contributed by atoms with Crippen LogP contribution in [0.4, 0.5) is 0 Å². The molecule has 1 atom stereocenters. The van der Waals surface area contributed by atoms with Gasteiger partial charge in [0.05, 0.1) is 6.61 Å². The minimum absolute atomic E-state index is 0.0901. The first-order valence-corrected chi connectivity index (χ1v) is 6.89. The lowest BCUT2D eigenvalue weighted by Crippen LogP contribution is -2.36. The van der Waals surface area contributed by atoms with Gasteiger partial charge in [-0.15, -0.1) is 11.3 Å².